The van der Waals surface area contributed by atoms with Crippen molar-refractivity contribution in [3.8, 4) is 0 Å². The Morgan fingerprint density at radius 1 is 1.35 bits per heavy atom. The lowest BCUT2D eigenvalue weighted by molar-refractivity contribution is -0.122. The second kappa shape index (κ2) is 5.70. The summed E-state index contributed by atoms with van der Waals surface area (Å²) in [5.74, 6) is -0.214. The number of amides is 1. The third-order valence-corrected chi connectivity index (χ3v) is 3.87. The number of hydrogen-bond acceptors (Lipinski definition) is 2. The van der Waals surface area contributed by atoms with E-state index in [2.05, 4.69) is 26.2 Å². The van der Waals surface area contributed by atoms with Gasteiger partial charge in [-0.2, -0.15) is 0 Å². The summed E-state index contributed by atoms with van der Waals surface area (Å²) < 4.78 is 0.935. The van der Waals surface area contributed by atoms with Gasteiger partial charge in [0.15, 0.2) is 0 Å². The number of benzene rings is 1. The van der Waals surface area contributed by atoms with Crippen LogP contribution in [0.2, 0.25) is 0 Å². The fourth-order valence-corrected chi connectivity index (χ4v) is 2.62. The van der Waals surface area contributed by atoms with E-state index in [1.165, 1.54) is 0 Å². The van der Waals surface area contributed by atoms with Gasteiger partial charge in [0.25, 0.3) is 0 Å². The molecule has 0 saturated heterocycles. The molecule has 0 aliphatic carbocycles. The van der Waals surface area contributed by atoms with E-state index in [1.807, 2.05) is 45.0 Å². The molecule has 2 rings (SSSR count). The smallest absolute Gasteiger partial charge is 0.243 e. The predicted octanol–water partition coefficient (Wildman–Crippen LogP) is 4.19. The van der Waals surface area contributed by atoms with Crippen LogP contribution in [0.4, 0.5) is 0 Å². The fourth-order valence-electron chi connectivity index (χ4n) is 1.94. The lowest BCUT2D eigenvalue weighted by atomic mass is 10.0. The average molecular weight is 356 g/mol. The molecule has 0 aliphatic rings. The monoisotopic (exact) mass is 354 g/mol. The van der Waals surface area contributed by atoms with Crippen molar-refractivity contribution in [2.24, 2.45) is 0 Å². The van der Waals surface area contributed by atoms with Crippen LogP contribution in [0, 0.1) is 0 Å². The molecular weight excluding hydrogens is 340 g/mol. The summed E-state index contributed by atoms with van der Waals surface area (Å²) in [6.45, 7) is 5.77. The van der Waals surface area contributed by atoms with Gasteiger partial charge < -0.3 is 5.32 Å². The van der Waals surface area contributed by atoms with Gasteiger partial charge in [0.1, 0.15) is 5.38 Å². The summed E-state index contributed by atoms with van der Waals surface area (Å²) in [7, 11) is 0. The summed E-state index contributed by atoms with van der Waals surface area (Å²) in [4.78, 5) is 16.6. The third kappa shape index (κ3) is 3.30. The Labute approximate surface area is 131 Å². The Hall–Kier alpha value is -1.13. The van der Waals surface area contributed by atoms with Gasteiger partial charge >= 0.3 is 0 Å². The number of rotatable bonds is 2. The molecule has 3 nitrogen and oxygen atoms in total. The minimum absolute atomic E-state index is 0.214. The van der Waals surface area contributed by atoms with Crippen LogP contribution >= 0.6 is 27.5 Å². The SMILES string of the molecule is CC(C)(C)NC(=O)C(Cl)c1ccc(Br)c2cccnc12. The fraction of sp³-hybridized carbons (Fsp3) is 0.333. The van der Waals surface area contributed by atoms with Crippen molar-refractivity contribution >= 4 is 44.3 Å². The number of fused-ring (bicyclic) bond motifs is 1. The van der Waals surface area contributed by atoms with E-state index >= 15 is 0 Å². The molecule has 5 heteroatoms. The molecule has 2 aromatic rings. The molecule has 1 N–H and O–H groups in total. The zero-order chi connectivity index (χ0) is 14.9. The maximum Gasteiger partial charge on any atom is 0.243 e. The first-order chi connectivity index (χ1) is 9.29. The molecule has 0 radical (unpaired) electrons. The molecule has 1 amide bonds. The first-order valence-electron chi connectivity index (χ1n) is 6.29. The molecule has 1 aromatic heterocycles. The molecule has 1 heterocycles. The molecule has 0 spiro atoms. The highest BCUT2D eigenvalue weighted by Gasteiger charge is 2.24. The highest BCUT2D eigenvalue weighted by atomic mass is 79.9. The van der Waals surface area contributed by atoms with E-state index < -0.39 is 5.38 Å². The maximum atomic E-state index is 12.2. The number of nitrogens with zero attached hydrogens (tertiary/aromatic N) is 1. The van der Waals surface area contributed by atoms with Crippen molar-refractivity contribution in [1.82, 2.24) is 10.3 Å². The normalized spacial score (nSPS) is 13.2. The topological polar surface area (TPSA) is 42.0 Å². The molecule has 106 valence electrons. The summed E-state index contributed by atoms with van der Waals surface area (Å²) in [5, 5.41) is 3.07. The predicted molar refractivity (Wildman–Crippen MR) is 85.9 cm³/mol. The van der Waals surface area contributed by atoms with E-state index in [1.54, 1.807) is 6.20 Å². The zero-order valence-electron chi connectivity index (χ0n) is 11.6. The molecular formula is C15H16BrClN2O. The van der Waals surface area contributed by atoms with Crippen LogP contribution in [0.15, 0.2) is 34.9 Å². The van der Waals surface area contributed by atoms with Crippen LogP contribution in [0.3, 0.4) is 0 Å². The number of halogens is 2. The van der Waals surface area contributed by atoms with Gasteiger partial charge in [-0.05, 0) is 32.9 Å². The van der Waals surface area contributed by atoms with Crippen molar-refractivity contribution < 1.29 is 4.79 Å². The Kier molecular flexibility index (Phi) is 4.35. The van der Waals surface area contributed by atoms with Gasteiger partial charge in [-0.15, -0.1) is 11.6 Å². The van der Waals surface area contributed by atoms with Crippen molar-refractivity contribution in [3.05, 3.63) is 40.5 Å². The number of pyridine rings is 1. The van der Waals surface area contributed by atoms with Crippen LogP contribution in [0.25, 0.3) is 10.9 Å². The van der Waals surface area contributed by atoms with Crippen LogP contribution in [0.5, 0.6) is 0 Å². The molecule has 20 heavy (non-hydrogen) atoms. The summed E-state index contributed by atoms with van der Waals surface area (Å²) in [6.07, 6.45) is 1.70. The molecule has 1 atom stereocenters. The Morgan fingerprint density at radius 3 is 2.70 bits per heavy atom. The summed E-state index contributed by atoms with van der Waals surface area (Å²) in [5.41, 5.74) is 1.14. The maximum absolute atomic E-state index is 12.2. The summed E-state index contributed by atoms with van der Waals surface area (Å²) >= 11 is 9.81. The van der Waals surface area contributed by atoms with Gasteiger partial charge in [0.2, 0.25) is 5.91 Å². The lowest BCUT2D eigenvalue weighted by Crippen LogP contribution is -2.42. The van der Waals surface area contributed by atoms with E-state index in [0.717, 1.165) is 15.4 Å². The molecule has 1 unspecified atom stereocenters. The highest BCUT2D eigenvalue weighted by Crippen LogP contribution is 2.31. The number of nitrogens with one attached hydrogen (secondary N) is 1. The highest BCUT2D eigenvalue weighted by molar-refractivity contribution is 9.10. The second-order valence-corrected chi connectivity index (χ2v) is 6.93. The van der Waals surface area contributed by atoms with Crippen molar-refractivity contribution in [2.75, 3.05) is 0 Å². The van der Waals surface area contributed by atoms with Crippen molar-refractivity contribution in [1.29, 1.82) is 0 Å². The number of carbonyl (C=O) groups excluding carboxylic acids is 1. The summed E-state index contributed by atoms with van der Waals surface area (Å²) in [6, 6.07) is 7.52. The molecule has 1 aromatic carbocycles. The number of hydrogen-bond donors (Lipinski definition) is 1. The van der Waals surface area contributed by atoms with Crippen LogP contribution in [-0.4, -0.2) is 16.4 Å². The van der Waals surface area contributed by atoms with Crippen LogP contribution < -0.4 is 5.32 Å². The van der Waals surface area contributed by atoms with Gasteiger partial charge in [-0.25, -0.2) is 0 Å². The lowest BCUT2D eigenvalue weighted by Gasteiger charge is -2.23. The Morgan fingerprint density at radius 2 is 2.05 bits per heavy atom. The second-order valence-electron chi connectivity index (χ2n) is 5.64. The van der Waals surface area contributed by atoms with Gasteiger partial charge in [0.05, 0.1) is 5.52 Å². The third-order valence-electron chi connectivity index (χ3n) is 2.75. The Bertz CT molecular complexity index is 652. The number of alkyl halides is 1. The van der Waals surface area contributed by atoms with Crippen molar-refractivity contribution in [3.63, 3.8) is 0 Å². The standard InChI is InChI=1S/C15H16BrClN2O/c1-15(2,3)19-14(20)12(17)10-6-7-11(16)9-5-4-8-18-13(9)10/h4-8,12H,1-3H3,(H,19,20). The van der Waals surface area contributed by atoms with Gasteiger partial charge in [0, 0.05) is 27.2 Å². The van der Waals surface area contributed by atoms with E-state index in [0.29, 0.717) is 5.56 Å². The van der Waals surface area contributed by atoms with Gasteiger partial charge in [-0.1, -0.05) is 28.1 Å². The first-order valence-corrected chi connectivity index (χ1v) is 7.52. The Balaban J connectivity index is 2.43. The van der Waals surface area contributed by atoms with E-state index in [4.69, 9.17) is 11.6 Å². The molecule has 0 fully saturated rings. The minimum Gasteiger partial charge on any atom is -0.350 e. The van der Waals surface area contributed by atoms with E-state index in [-0.39, 0.29) is 11.4 Å². The first kappa shape index (κ1) is 15.3. The van der Waals surface area contributed by atoms with Gasteiger partial charge in [-0.3, -0.25) is 9.78 Å². The van der Waals surface area contributed by atoms with Crippen LogP contribution in [0.1, 0.15) is 31.7 Å². The minimum atomic E-state index is -0.764. The zero-order valence-corrected chi connectivity index (χ0v) is 13.9. The van der Waals surface area contributed by atoms with Crippen molar-refractivity contribution in [2.45, 2.75) is 31.7 Å². The largest absolute Gasteiger partial charge is 0.350 e. The number of aromatic nitrogens is 1. The molecule has 0 bridgehead atoms. The quantitative estimate of drug-likeness (QED) is 0.821. The van der Waals surface area contributed by atoms with E-state index in [9.17, 15) is 4.79 Å². The van der Waals surface area contributed by atoms with Crippen LogP contribution in [-0.2, 0) is 4.79 Å². The number of carbonyl (C=O) groups is 1. The molecule has 0 saturated carbocycles. The average Bonchev–Trinajstić information content (AvgIpc) is 2.37. The molecule has 0 aliphatic heterocycles.